The van der Waals surface area contributed by atoms with E-state index in [4.69, 9.17) is 0 Å². The molecule has 1 amide bonds. The third-order valence-corrected chi connectivity index (χ3v) is 6.09. The third-order valence-electron chi connectivity index (χ3n) is 6.09. The van der Waals surface area contributed by atoms with Gasteiger partial charge in [-0.15, -0.1) is 10.2 Å². The van der Waals surface area contributed by atoms with E-state index in [2.05, 4.69) is 33.0 Å². The maximum atomic E-state index is 12.9. The molecule has 4 aromatic rings. The smallest absolute Gasteiger partial charge is 0.262 e. The Morgan fingerprint density at radius 1 is 1.09 bits per heavy atom. The van der Waals surface area contributed by atoms with Crippen LogP contribution >= 0.6 is 0 Å². The molecular formula is C25H26N6O2. The van der Waals surface area contributed by atoms with Gasteiger partial charge in [0.25, 0.3) is 5.56 Å². The van der Waals surface area contributed by atoms with Gasteiger partial charge in [-0.2, -0.15) is 0 Å². The second kappa shape index (κ2) is 8.90. The van der Waals surface area contributed by atoms with Gasteiger partial charge in [-0.1, -0.05) is 36.4 Å². The molecule has 33 heavy (non-hydrogen) atoms. The fraction of sp³-hybridized carbons (Fsp3) is 0.280. The molecule has 0 saturated carbocycles. The number of para-hydroxylation sites is 3. The van der Waals surface area contributed by atoms with Crippen molar-refractivity contribution in [1.82, 2.24) is 19.2 Å². The number of hydrogen-bond donors (Lipinski definition) is 2. The number of carbonyl (C=O) groups is 1. The summed E-state index contributed by atoms with van der Waals surface area (Å²) >= 11 is 0. The molecule has 168 valence electrons. The van der Waals surface area contributed by atoms with Gasteiger partial charge in [-0.25, -0.2) is 0 Å². The number of fused-ring (bicyclic) bond motifs is 3. The predicted molar refractivity (Wildman–Crippen MR) is 129 cm³/mol. The molecule has 0 saturated heterocycles. The van der Waals surface area contributed by atoms with Gasteiger partial charge in [0.1, 0.15) is 0 Å². The number of amides is 1. The minimum atomic E-state index is -0.0716. The van der Waals surface area contributed by atoms with Crippen LogP contribution in [0.5, 0.6) is 0 Å². The van der Waals surface area contributed by atoms with Crippen LogP contribution in [0.25, 0.3) is 16.7 Å². The average Bonchev–Trinajstić information content (AvgIpc) is 3.49. The van der Waals surface area contributed by atoms with Crippen LogP contribution in [-0.4, -0.2) is 25.1 Å². The van der Waals surface area contributed by atoms with E-state index in [0.29, 0.717) is 42.4 Å². The Hall–Kier alpha value is -3.94. The molecule has 1 unspecified atom stereocenters. The topological polar surface area (TPSA) is 93.3 Å². The summed E-state index contributed by atoms with van der Waals surface area (Å²) in [4.78, 5) is 25.4. The van der Waals surface area contributed by atoms with Crippen molar-refractivity contribution in [3.63, 3.8) is 0 Å². The maximum Gasteiger partial charge on any atom is 0.262 e. The van der Waals surface area contributed by atoms with Crippen LogP contribution in [0.1, 0.15) is 32.0 Å². The second-order valence-corrected chi connectivity index (χ2v) is 8.24. The molecule has 0 spiro atoms. The number of aryl methyl sites for hydroxylation is 1. The first-order chi connectivity index (χ1) is 16.2. The third kappa shape index (κ3) is 4.00. The number of rotatable bonds is 7. The number of anilines is 2. The normalized spacial score (nSPS) is 15.4. The number of allylic oxidation sites excluding steroid dienone is 2. The van der Waals surface area contributed by atoms with Crippen LogP contribution in [0.2, 0.25) is 0 Å². The lowest BCUT2D eigenvalue weighted by atomic mass is 10.0. The molecule has 1 aliphatic rings. The number of benzene rings is 2. The van der Waals surface area contributed by atoms with E-state index in [-0.39, 0.29) is 11.5 Å². The van der Waals surface area contributed by atoms with Crippen LogP contribution in [-0.2, 0) is 17.9 Å². The van der Waals surface area contributed by atoms with E-state index in [1.807, 2.05) is 59.9 Å². The zero-order valence-corrected chi connectivity index (χ0v) is 18.5. The molecule has 0 fully saturated rings. The van der Waals surface area contributed by atoms with Crippen molar-refractivity contribution in [3.8, 4) is 0 Å². The summed E-state index contributed by atoms with van der Waals surface area (Å²) < 4.78 is 3.55. The Kier molecular flexibility index (Phi) is 5.64. The van der Waals surface area contributed by atoms with Gasteiger partial charge in [0.2, 0.25) is 11.7 Å². The molecule has 5 rings (SSSR count). The van der Waals surface area contributed by atoms with E-state index in [0.717, 1.165) is 29.7 Å². The second-order valence-electron chi connectivity index (χ2n) is 8.24. The van der Waals surface area contributed by atoms with Crippen molar-refractivity contribution < 1.29 is 4.79 Å². The molecule has 2 aromatic heterocycles. The lowest BCUT2D eigenvalue weighted by Gasteiger charge is -2.14. The van der Waals surface area contributed by atoms with Gasteiger partial charge in [0.05, 0.1) is 28.8 Å². The van der Waals surface area contributed by atoms with Crippen molar-refractivity contribution in [2.75, 3.05) is 10.6 Å². The molecule has 0 aliphatic heterocycles. The summed E-state index contributed by atoms with van der Waals surface area (Å²) in [6.45, 7) is 2.80. The summed E-state index contributed by atoms with van der Waals surface area (Å²) in [6.07, 6.45) is 6.83. The number of nitrogens with zero attached hydrogens (tertiary/aromatic N) is 4. The minimum absolute atomic E-state index is 0.00619. The molecule has 0 bridgehead atoms. The lowest BCUT2D eigenvalue weighted by molar-refractivity contribution is -0.116. The summed E-state index contributed by atoms with van der Waals surface area (Å²) in [5, 5.41) is 15.7. The Morgan fingerprint density at radius 2 is 1.88 bits per heavy atom. The summed E-state index contributed by atoms with van der Waals surface area (Å²) in [6, 6.07) is 15.1. The highest BCUT2D eigenvalue weighted by atomic mass is 16.1. The monoisotopic (exact) mass is 442 g/mol. The molecular weight excluding hydrogens is 416 g/mol. The van der Waals surface area contributed by atoms with E-state index < -0.39 is 0 Å². The van der Waals surface area contributed by atoms with Crippen LogP contribution < -0.4 is 16.2 Å². The molecule has 1 atom stereocenters. The number of carbonyl (C=O) groups excluding carboxylic acids is 1. The zero-order chi connectivity index (χ0) is 22.8. The van der Waals surface area contributed by atoms with Crippen LogP contribution in [0.15, 0.2) is 65.5 Å². The van der Waals surface area contributed by atoms with Gasteiger partial charge in [-0.3, -0.25) is 18.6 Å². The number of aromatic nitrogens is 4. The Labute approximate surface area is 191 Å². The van der Waals surface area contributed by atoms with Crippen LogP contribution in [0.3, 0.4) is 0 Å². The first-order valence-electron chi connectivity index (χ1n) is 11.3. The van der Waals surface area contributed by atoms with Gasteiger partial charge in [-0.05, 0) is 49.9 Å². The zero-order valence-electron chi connectivity index (χ0n) is 18.5. The van der Waals surface area contributed by atoms with Gasteiger partial charge >= 0.3 is 0 Å². The van der Waals surface area contributed by atoms with Gasteiger partial charge in [0.15, 0.2) is 5.82 Å². The van der Waals surface area contributed by atoms with Gasteiger partial charge in [0, 0.05) is 13.0 Å². The average molecular weight is 443 g/mol. The molecule has 2 aromatic carbocycles. The predicted octanol–water partition coefficient (Wildman–Crippen LogP) is 3.97. The Bertz CT molecular complexity index is 1420. The Morgan fingerprint density at radius 3 is 2.67 bits per heavy atom. The molecule has 1 aliphatic carbocycles. The fourth-order valence-electron chi connectivity index (χ4n) is 4.44. The quantitative estimate of drug-likeness (QED) is 0.423. The number of nitrogens with one attached hydrogen (secondary N) is 2. The van der Waals surface area contributed by atoms with E-state index in [9.17, 15) is 9.59 Å². The summed E-state index contributed by atoms with van der Waals surface area (Å²) in [7, 11) is 0. The van der Waals surface area contributed by atoms with E-state index >= 15 is 0 Å². The minimum Gasteiger partial charge on any atom is -0.376 e. The summed E-state index contributed by atoms with van der Waals surface area (Å²) in [5.41, 5.74) is 2.24. The van der Waals surface area contributed by atoms with E-state index in [1.165, 1.54) is 0 Å². The van der Waals surface area contributed by atoms with Crippen molar-refractivity contribution >= 4 is 34.0 Å². The first-order valence-corrected chi connectivity index (χ1v) is 11.3. The molecule has 8 nitrogen and oxygen atoms in total. The van der Waals surface area contributed by atoms with E-state index in [1.54, 1.807) is 4.57 Å². The Balaban J connectivity index is 1.42. The van der Waals surface area contributed by atoms with Crippen molar-refractivity contribution in [2.24, 2.45) is 5.92 Å². The van der Waals surface area contributed by atoms with Crippen molar-refractivity contribution in [3.05, 3.63) is 76.9 Å². The number of hydrogen-bond acceptors (Lipinski definition) is 5. The highest BCUT2D eigenvalue weighted by Crippen LogP contribution is 2.25. The molecule has 2 N–H and O–H groups in total. The maximum absolute atomic E-state index is 12.9. The van der Waals surface area contributed by atoms with Crippen LogP contribution in [0, 0.1) is 5.92 Å². The highest BCUT2D eigenvalue weighted by Gasteiger charge is 2.17. The SMILES string of the molecule is CCn1c(=O)c2ccccc2n2c(CNc3ccccc3NC(=O)CC3C=CCC3)nnc12. The standard InChI is InChI=1S/C25H26N6O2/c1-2-30-24(33)18-11-5-8-14-21(18)31-22(28-29-25(30)31)16-26-19-12-6-7-13-20(19)27-23(32)15-17-9-3-4-10-17/h3,5-9,11-14,17,26H,2,4,10,15-16H2,1H3,(H,27,32). The highest BCUT2D eigenvalue weighted by molar-refractivity contribution is 5.94. The summed E-state index contributed by atoms with van der Waals surface area (Å²) in [5.74, 6) is 1.52. The molecule has 8 heteroatoms. The molecule has 2 heterocycles. The first kappa shape index (κ1) is 20.9. The van der Waals surface area contributed by atoms with Crippen LogP contribution in [0.4, 0.5) is 11.4 Å². The van der Waals surface area contributed by atoms with Crippen molar-refractivity contribution in [2.45, 2.75) is 39.3 Å². The van der Waals surface area contributed by atoms with Crippen molar-refractivity contribution in [1.29, 1.82) is 0 Å². The fourth-order valence-corrected chi connectivity index (χ4v) is 4.44. The largest absolute Gasteiger partial charge is 0.376 e. The lowest BCUT2D eigenvalue weighted by Crippen LogP contribution is -2.23. The molecule has 0 radical (unpaired) electrons. The van der Waals surface area contributed by atoms with Gasteiger partial charge < -0.3 is 10.6 Å².